The van der Waals surface area contributed by atoms with Crippen LogP contribution in [0.4, 0.5) is 4.39 Å². The van der Waals surface area contributed by atoms with Crippen LogP contribution in [-0.2, 0) is 6.42 Å². The molecule has 0 bridgehead atoms. The second kappa shape index (κ2) is 7.59. The Kier molecular flexibility index (Phi) is 6.06. The maximum absolute atomic E-state index is 14.0. The van der Waals surface area contributed by atoms with E-state index in [9.17, 15) is 4.39 Å². The predicted molar refractivity (Wildman–Crippen MR) is 90.7 cm³/mol. The quantitative estimate of drug-likeness (QED) is 0.681. The molecule has 0 saturated heterocycles. The van der Waals surface area contributed by atoms with E-state index < -0.39 is 0 Å². The molecule has 0 aliphatic rings. The lowest BCUT2D eigenvalue weighted by Gasteiger charge is -2.21. The molecule has 0 fully saturated rings. The van der Waals surface area contributed by atoms with Crippen molar-refractivity contribution in [2.75, 3.05) is 6.54 Å². The Bertz CT molecular complexity index is 613. The van der Waals surface area contributed by atoms with Gasteiger partial charge in [0.2, 0.25) is 0 Å². The van der Waals surface area contributed by atoms with Gasteiger partial charge in [0.1, 0.15) is 5.82 Å². The van der Waals surface area contributed by atoms with Gasteiger partial charge in [-0.2, -0.15) is 0 Å². The molecule has 2 aromatic carbocycles. The highest BCUT2D eigenvalue weighted by Gasteiger charge is 2.19. The van der Waals surface area contributed by atoms with Gasteiger partial charge < -0.3 is 5.32 Å². The van der Waals surface area contributed by atoms with Gasteiger partial charge in [-0.05, 0) is 52.7 Å². The largest absolute Gasteiger partial charge is 0.310 e. The zero-order valence-corrected chi connectivity index (χ0v) is 14.6. The first-order valence-corrected chi connectivity index (χ1v) is 8.19. The molecular formula is C16H15BrCl2FN. The average Bonchev–Trinajstić information content (AvgIpc) is 2.45. The molecule has 0 radical (unpaired) electrons. The van der Waals surface area contributed by atoms with Crippen LogP contribution in [0.25, 0.3) is 0 Å². The van der Waals surface area contributed by atoms with Gasteiger partial charge in [0.25, 0.3) is 0 Å². The number of benzene rings is 2. The first kappa shape index (κ1) is 16.8. The molecular weight excluding hydrogens is 376 g/mol. The summed E-state index contributed by atoms with van der Waals surface area (Å²) in [5.74, 6) is -0.295. The summed E-state index contributed by atoms with van der Waals surface area (Å²) in [5.41, 5.74) is 1.42. The Morgan fingerprint density at radius 1 is 1.19 bits per heavy atom. The second-order valence-electron chi connectivity index (χ2n) is 4.66. The number of nitrogens with one attached hydrogen (secondary N) is 1. The molecule has 2 aromatic rings. The number of rotatable bonds is 5. The summed E-state index contributed by atoms with van der Waals surface area (Å²) in [6.07, 6.45) is 0.440. The molecule has 1 unspecified atom stereocenters. The van der Waals surface area contributed by atoms with Gasteiger partial charge in [-0.25, -0.2) is 4.39 Å². The van der Waals surface area contributed by atoms with Crippen LogP contribution in [0.5, 0.6) is 0 Å². The van der Waals surface area contributed by atoms with Crippen LogP contribution < -0.4 is 5.32 Å². The Morgan fingerprint density at radius 3 is 2.57 bits per heavy atom. The molecule has 1 nitrogen and oxygen atoms in total. The van der Waals surface area contributed by atoms with Crippen molar-refractivity contribution in [3.63, 3.8) is 0 Å². The van der Waals surface area contributed by atoms with Gasteiger partial charge in [0.15, 0.2) is 0 Å². The smallest absolute Gasteiger partial charge is 0.127 e. The minimum Gasteiger partial charge on any atom is -0.310 e. The second-order valence-corrected chi connectivity index (χ2v) is 6.30. The molecule has 0 heterocycles. The fraction of sp³-hybridized carbons (Fsp3) is 0.250. The maximum atomic E-state index is 14.0. The number of hydrogen-bond acceptors (Lipinski definition) is 1. The van der Waals surface area contributed by atoms with Crippen molar-refractivity contribution in [3.05, 3.63) is 67.9 Å². The first-order valence-electron chi connectivity index (χ1n) is 6.64. The lowest BCUT2D eigenvalue weighted by Crippen LogP contribution is -2.24. The molecule has 0 amide bonds. The molecule has 1 N–H and O–H groups in total. The van der Waals surface area contributed by atoms with Gasteiger partial charge in [0, 0.05) is 21.1 Å². The van der Waals surface area contributed by atoms with E-state index in [0.29, 0.717) is 22.0 Å². The lowest BCUT2D eigenvalue weighted by molar-refractivity contribution is 0.528. The highest BCUT2D eigenvalue weighted by molar-refractivity contribution is 9.10. The Morgan fingerprint density at radius 2 is 1.90 bits per heavy atom. The Balaban J connectivity index is 2.38. The predicted octanol–water partition coefficient (Wildman–Crippen LogP) is 5.79. The minimum absolute atomic E-state index is 0.102. The first-order chi connectivity index (χ1) is 10.0. The van der Waals surface area contributed by atoms with Crippen molar-refractivity contribution in [1.82, 2.24) is 5.32 Å². The number of hydrogen-bond donors (Lipinski definition) is 1. The van der Waals surface area contributed by atoms with E-state index in [0.717, 1.165) is 16.6 Å². The lowest BCUT2D eigenvalue weighted by atomic mass is 9.98. The molecule has 21 heavy (non-hydrogen) atoms. The monoisotopic (exact) mass is 389 g/mol. The molecule has 0 aliphatic heterocycles. The number of halogens is 4. The maximum Gasteiger partial charge on any atom is 0.127 e. The molecule has 0 saturated carbocycles. The molecule has 5 heteroatoms. The summed E-state index contributed by atoms with van der Waals surface area (Å²) < 4.78 is 14.8. The van der Waals surface area contributed by atoms with E-state index in [-0.39, 0.29) is 11.9 Å². The SMILES string of the molecule is CCNC(Cc1c(F)cccc1Cl)c1cccc(Br)c1Cl. The zero-order valence-electron chi connectivity index (χ0n) is 11.5. The average molecular weight is 391 g/mol. The third-order valence-electron chi connectivity index (χ3n) is 3.28. The summed E-state index contributed by atoms with van der Waals surface area (Å²) in [5, 5.41) is 4.41. The van der Waals surface area contributed by atoms with Crippen molar-refractivity contribution in [2.45, 2.75) is 19.4 Å². The Hall–Kier alpha value is -0.610. The fourth-order valence-electron chi connectivity index (χ4n) is 2.26. The highest BCUT2D eigenvalue weighted by atomic mass is 79.9. The third kappa shape index (κ3) is 3.98. The van der Waals surface area contributed by atoms with Crippen molar-refractivity contribution >= 4 is 39.1 Å². The summed E-state index contributed by atoms with van der Waals surface area (Å²) >= 11 is 15.9. The molecule has 2 rings (SSSR count). The van der Waals surface area contributed by atoms with Crippen molar-refractivity contribution in [2.24, 2.45) is 0 Å². The summed E-state index contributed by atoms with van der Waals surface area (Å²) in [6.45, 7) is 2.75. The summed E-state index contributed by atoms with van der Waals surface area (Å²) in [6, 6.07) is 10.4. The van der Waals surface area contributed by atoms with Gasteiger partial charge in [-0.3, -0.25) is 0 Å². The Labute approximate surface area is 142 Å². The van der Waals surface area contributed by atoms with Gasteiger partial charge in [-0.1, -0.05) is 48.3 Å². The van der Waals surface area contributed by atoms with E-state index in [1.165, 1.54) is 6.07 Å². The van der Waals surface area contributed by atoms with E-state index in [2.05, 4.69) is 21.2 Å². The van der Waals surface area contributed by atoms with Gasteiger partial charge in [0.05, 0.1) is 5.02 Å². The molecule has 112 valence electrons. The van der Waals surface area contributed by atoms with Crippen LogP contribution in [0.3, 0.4) is 0 Å². The van der Waals surface area contributed by atoms with E-state index in [1.807, 2.05) is 25.1 Å². The van der Waals surface area contributed by atoms with Crippen LogP contribution >= 0.6 is 39.1 Å². The minimum atomic E-state index is -0.295. The summed E-state index contributed by atoms with van der Waals surface area (Å²) in [7, 11) is 0. The van der Waals surface area contributed by atoms with E-state index in [1.54, 1.807) is 12.1 Å². The highest BCUT2D eigenvalue weighted by Crippen LogP contribution is 2.33. The van der Waals surface area contributed by atoms with Crippen LogP contribution in [0.1, 0.15) is 24.1 Å². The van der Waals surface area contributed by atoms with Crippen molar-refractivity contribution in [3.8, 4) is 0 Å². The third-order valence-corrected chi connectivity index (χ3v) is 4.94. The van der Waals surface area contributed by atoms with E-state index in [4.69, 9.17) is 23.2 Å². The van der Waals surface area contributed by atoms with Crippen molar-refractivity contribution < 1.29 is 4.39 Å². The standard InChI is InChI=1S/C16H15BrCl2FN/c1-2-21-15(10-5-3-6-12(17)16(10)19)9-11-13(18)7-4-8-14(11)20/h3-8,15,21H,2,9H2,1H3. The molecule has 0 spiro atoms. The zero-order chi connectivity index (χ0) is 15.4. The normalized spacial score (nSPS) is 12.4. The van der Waals surface area contributed by atoms with Crippen LogP contribution in [-0.4, -0.2) is 6.54 Å². The van der Waals surface area contributed by atoms with Crippen LogP contribution in [0.2, 0.25) is 10.0 Å². The van der Waals surface area contributed by atoms with Crippen molar-refractivity contribution in [1.29, 1.82) is 0 Å². The van der Waals surface area contributed by atoms with Crippen LogP contribution in [0.15, 0.2) is 40.9 Å². The summed E-state index contributed by atoms with van der Waals surface area (Å²) in [4.78, 5) is 0. The number of likely N-dealkylation sites (N-methyl/N-ethyl adjacent to an activating group) is 1. The molecule has 0 aromatic heterocycles. The fourth-order valence-corrected chi connectivity index (χ4v) is 3.14. The van der Waals surface area contributed by atoms with E-state index >= 15 is 0 Å². The van der Waals surface area contributed by atoms with Gasteiger partial charge in [-0.15, -0.1) is 0 Å². The van der Waals surface area contributed by atoms with Gasteiger partial charge >= 0.3 is 0 Å². The molecule has 0 aliphatic carbocycles. The van der Waals surface area contributed by atoms with Crippen LogP contribution in [0, 0.1) is 5.82 Å². The molecule has 1 atom stereocenters. The topological polar surface area (TPSA) is 12.0 Å².